The molecular formula is C17H15N3S. The van der Waals surface area contributed by atoms with Gasteiger partial charge >= 0.3 is 0 Å². The van der Waals surface area contributed by atoms with Crippen molar-refractivity contribution < 1.29 is 0 Å². The second kappa shape index (κ2) is 4.97. The van der Waals surface area contributed by atoms with Crippen LogP contribution in [0.2, 0.25) is 0 Å². The summed E-state index contributed by atoms with van der Waals surface area (Å²) in [5.41, 5.74) is 4.82. The van der Waals surface area contributed by atoms with Crippen molar-refractivity contribution in [2.24, 2.45) is 0 Å². The van der Waals surface area contributed by atoms with E-state index in [0.717, 1.165) is 11.5 Å². The first-order chi connectivity index (χ1) is 10.3. The molecule has 1 aromatic carbocycles. The van der Waals surface area contributed by atoms with E-state index in [4.69, 9.17) is 0 Å². The smallest absolute Gasteiger partial charge is 0.140 e. The van der Waals surface area contributed by atoms with Crippen LogP contribution >= 0.6 is 11.8 Å². The molecule has 0 saturated heterocycles. The van der Waals surface area contributed by atoms with Gasteiger partial charge in [0.2, 0.25) is 0 Å². The van der Waals surface area contributed by atoms with Gasteiger partial charge in [0.1, 0.15) is 5.82 Å². The first-order valence-electron chi connectivity index (χ1n) is 6.94. The van der Waals surface area contributed by atoms with Crippen LogP contribution in [0.15, 0.2) is 59.8 Å². The molecule has 0 radical (unpaired) electrons. The summed E-state index contributed by atoms with van der Waals surface area (Å²) in [6.07, 6.45) is 8.27. The number of benzene rings is 1. The van der Waals surface area contributed by atoms with Gasteiger partial charge < -0.3 is 10.6 Å². The fraction of sp³-hybridized carbons (Fsp3) is 0.118. The van der Waals surface area contributed by atoms with Crippen LogP contribution in [0.3, 0.4) is 0 Å². The van der Waals surface area contributed by atoms with Crippen LogP contribution in [0.4, 0.5) is 11.5 Å². The lowest BCUT2D eigenvalue weighted by molar-refractivity contribution is 1.16. The zero-order chi connectivity index (χ0) is 14.2. The third kappa shape index (κ3) is 2.32. The number of nitrogens with one attached hydrogen (secondary N) is 2. The summed E-state index contributed by atoms with van der Waals surface area (Å²) in [4.78, 5) is 5.68. The second-order valence-corrected chi connectivity index (χ2v) is 6.37. The number of hydrogen-bond donors (Lipinski definition) is 2. The fourth-order valence-electron chi connectivity index (χ4n) is 2.60. The molecule has 104 valence electrons. The van der Waals surface area contributed by atoms with Crippen molar-refractivity contribution in [2.45, 2.75) is 17.2 Å². The van der Waals surface area contributed by atoms with Crippen LogP contribution in [-0.4, -0.2) is 10.4 Å². The third-order valence-corrected chi connectivity index (χ3v) is 4.67. The Bertz CT molecular complexity index is 764. The van der Waals surface area contributed by atoms with Crippen LogP contribution in [0.1, 0.15) is 11.1 Å². The summed E-state index contributed by atoms with van der Waals surface area (Å²) >= 11 is 1.81. The zero-order valence-corrected chi connectivity index (χ0v) is 12.4. The molecule has 2 aliphatic heterocycles. The molecule has 2 aromatic rings. The predicted octanol–water partition coefficient (Wildman–Crippen LogP) is 4.26. The summed E-state index contributed by atoms with van der Waals surface area (Å²) in [7, 11) is 0. The van der Waals surface area contributed by atoms with Crippen molar-refractivity contribution in [3.05, 3.63) is 66.0 Å². The molecule has 2 N–H and O–H groups in total. The van der Waals surface area contributed by atoms with Crippen LogP contribution in [0.25, 0.3) is 5.57 Å². The number of para-hydroxylation sites is 1. The fourth-order valence-corrected chi connectivity index (χ4v) is 3.73. The quantitative estimate of drug-likeness (QED) is 0.824. The summed E-state index contributed by atoms with van der Waals surface area (Å²) in [6, 6.07) is 10.6. The molecule has 1 aromatic heterocycles. The van der Waals surface area contributed by atoms with Gasteiger partial charge in [-0.3, -0.25) is 0 Å². The molecule has 21 heavy (non-hydrogen) atoms. The van der Waals surface area contributed by atoms with E-state index in [1.165, 1.54) is 21.6 Å². The van der Waals surface area contributed by atoms with Gasteiger partial charge in [0.25, 0.3) is 0 Å². The number of rotatable bonds is 1. The highest BCUT2D eigenvalue weighted by Gasteiger charge is 2.22. The number of hydrogen-bond acceptors (Lipinski definition) is 4. The van der Waals surface area contributed by atoms with E-state index in [1.807, 2.05) is 30.2 Å². The highest BCUT2D eigenvalue weighted by atomic mass is 32.2. The Kier molecular flexibility index (Phi) is 2.97. The SMILES string of the molecule is Cc1cnc2c(c1)SC(/C=C1\C=CNc3ccccc31)N2. The van der Waals surface area contributed by atoms with Crippen molar-refractivity contribution >= 4 is 28.8 Å². The van der Waals surface area contributed by atoms with E-state index >= 15 is 0 Å². The molecule has 4 heteroatoms. The molecule has 0 aliphatic carbocycles. The van der Waals surface area contributed by atoms with Gasteiger partial charge in [0.05, 0.1) is 10.3 Å². The van der Waals surface area contributed by atoms with Crippen molar-refractivity contribution in [3.63, 3.8) is 0 Å². The lowest BCUT2D eigenvalue weighted by Crippen LogP contribution is -2.09. The monoisotopic (exact) mass is 293 g/mol. The number of fused-ring (bicyclic) bond motifs is 2. The number of pyridine rings is 1. The van der Waals surface area contributed by atoms with Crippen molar-refractivity contribution in [2.75, 3.05) is 10.6 Å². The molecule has 0 bridgehead atoms. The van der Waals surface area contributed by atoms with E-state index in [-0.39, 0.29) is 5.37 Å². The van der Waals surface area contributed by atoms with E-state index in [1.54, 1.807) is 0 Å². The summed E-state index contributed by atoms with van der Waals surface area (Å²) in [6.45, 7) is 2.07. The molecule has 4 rings (SSSR count). The van der Waals surface area contributed by atoms with Crippen LogP contribution in [0.5, 0.6) is 0 Å². The first kappa shape index (κ1) is 12.5. The van der Waals surface area contributed by atoms with E-state index in [2.05, 4.69) is 59.0 Å². The average Bonchev–Trinajstić information content (AvgIpc) is 2.89. The highest BCUT2D eigenvalue weighted by Crippen LogP contribution is 2.39. The van der Waals surface area contributed by atoms with E-state index in [9.17, 15) is 0 Å². The molecule has 0 fully saturated rings. The molecule has 0 spiro atoms. The number of allylic oxidation sites excluding steroid dienone is 2. The summed E-state index contributed by atoms with van der Waals surface area (Å²) in [5.74, 6) is 0.985. The average molecular weight is 293 g/mol. The Morgan fingerprint density at radius 3 is 3.14 bits per heavy atom. The number of anilines is 2. The standard InChI is InChI=1S/C17H15N3S/c1-11-8-15-17(19-10-11)20-16(21-15)9-12-6-7-18-14-5-3-2-4-13(12)14/h2-10,16,18H,1H3,(H,19,20)/b12-9+. The molecule has 0 amide bonds. The van der Waals surface area contributed by atoms with Gasteiger partial charge in [-0.1, -0.05) is 30.0 Å². The maximum Gasteiger partial charge on any atom is 0.140 e. The predicted molar refractivity (Wildman–Crippen MR) is 89.4 cm³/mol. The number of aromatic nitrogens is 1. The third-order valence-electron chi connectivity index (χ3n) is 3.59. The normalized spacial score (nSPS) is 20.6. The lowest BCUT2D eigenvalue weighted by Gasteiger charge is -2.16. The molecule has 3 nitrogen and oxygen atoms in total. The topological polar surface area (TPSA) is 37.0 Å². The van der Waals surface area contributed by atoms with Crippen molar-refractivity contribution in [1.29, 1.82) is 0 Å². The molecule has 2 aliphatic rings. The minimum Gasteiger partial charge on any atom is -0.361 e. The highest BCUT2D eigenvalue weighted by molar-refractivity contribution is 8.00. The Hall–Kier alpha value is -2.20. The maximum atomic E-state index is 4.45. The molecule has 0 saturated carbocycles. The van der Waals surface area contributed by atoms with E-state index < -0.39 is 0 Å². The van der Waals surface area contributed by atoms with Gasteiger partial charge in [0, 0.05) is 23.6 Å². The van der Waals surface area contributed by atoms with Gasteiger partial charge in [-0.15, -0.1) is 0 Å². The molecular weight excluding hydrogens is 278 g/mol. The molecule has 3 heterocycles. The molecule has 1 atom stereocenters. The number of nitrogens with zero attached hydrogens (tertiary/aromatic N) is 1. The Morgan fingerprint density at radius 1 is 1.29 bits per heavy atom. The van der Waals surface area contributed by atoms with E-state index in [0.29, 0.717) is 0 Å². The minimum absolute atomic E-state index is 0.222. The van der Waals surface area contributed by atoms with Gasteiger partial charge in [0.15, 0.2) is 0 Å². The summed E-state index contributed by atoms with van der Waals surface area (Å²) < 4.78 is 0. The van der Waals surface area contributed by atoms with Crippen molar-refractivity contribution in [3.8, 4) is 0 Å². The van der Waals surface area contributed by atoms with Crippen LogP contribution in [-0.2, 0) is 0 Å². The minimum atomic E-state index is 0.222. The van der Waals surface area contributed by atoms with Crippen LogP contribution in [0, 0.1) is 6.92 Å². The Balaban J connectivity index is 1.65. The Labute approximate surface area is 128 Å². The van der Waals surface area contributed by atoms with Crippen LogP contribution < -0.4 is 10.6 Å². The van der Waals surface area contributed by atoms with Gasteiger partial charge in [-0.25, -0.2) is 4.98 Å². The number of aryl methyl sites for hydroxylation is 1. The number of thioether (sulfide) groups is 1. The van der Waals surface area contributed by atoms with Gasteiger partial charge in [-0.2, -0.15) is 0 Å². The second-order valence-electron chi connectivity index (χ2n) is 5.19. The summed E-state index contributed by atoms with van der Waals surface area (Å²) in [5, 5.41) is 6.96. The maximum absolute atomic E-state index is 4.45. The molecule has 1 unspecified atom stereocenters. The lowest BCUT2D eigenvalue weighted by atomic mass is 10.0. The zero-order valence-electron chi connectivity index (χ0n) is 11.6. The van der Waals surface area contributed by atoms with Gasteiger partial charge in [-0.05, 0) is 42.3 Å². The Morgan fingerprint density at radius 2 is 2.19 bits per heavy atom. The van der Waals surface area contributed by atoms with Crippen molar-refractivity contribution in [1.82, 2.24) is 4.98 Å². The first-order valence-corrected chi connectivity index (χ1v) is 7.82. The largest absolute Gasteiger partial charge is 0.361 e.